The number of aromatic nitrogens is 1. The van der Waals surface area contributed by atoms with Crippen LogP contribution in [0.5, 0.6) is 0 Å². The first-order chi connectivity index (χ1) is 12.1. The van der Waals surface area contributed by atoms with Crippen LogP contribution in [0, 0.1) is 6.92 Å². The van der Waals surface area contributed by atoms with Crippen molar-refractivity contribution in [1.82, 2.24) is 4.57 Å². The molecule has 2 aromatic carbocycles. The first kappa shape index (κ1) is 16.5. The van der Waals surface area contributed by atoms with Gasteiger partial charge in [-0.15, -0.1) is 0 Å². The summed E-state index contributed by atoms with van der Waals surface area (Å²) >= 11 is 0. The average Bonchev–Trinajstić information content (AvgIpc) is 2.61. The molecule has 126 valence electrons. The minimum absolute atomic E-state index is 0.00444. The molecule has 1 amide bonds. The summed E-state index contributed by atoms with van der Waals surface area (Å²) in [4.78, 5) is 24.0. The second-order valence-corrected chi connectivity index (χ2v) is 5.71. The molecule has 3 rings (SSSR count). The average molecular weight is 333 g/mol. The van der Waals surface area contributed by atoms with Crippen LogP contribution in [-0.4, -0.2) is 10.5 Å². The summed E-state index contributed by atoms with van der Waals surface area (Å²) in [6.07, 6.45) is 0. The molecule has 0 bridgehead atoms. The van der Waals surface area contributed by atoms with Crippen LogP contribution in [0.25, 0.3) is 0 Å². The van der Waals surface area contributed by atoms with Gasteiger partial charge in [-0.25, -0.2) is 0 Å². The molecular weight excluding hydrogens is 314 g/mol. The molecule has 5 heteroatoms. The predicted octanol–water partition coefficient (Wildman–Crippen LogP) is 3.54. The van der Waals surface area contributed by atoms with Gasteiger partial charge in [-0.05, 0) is 49.4 Å². The van der Waals surface area contributed by atoms with E-state index in [-0.39, 0.29) is 18.0 Å². The highest BCUT2D eigenvalue weighted by atomic mass is 16.2. The third-order valence-corrected chi connectivity index (χ3v) is 3.80. The van der Waals surface area contributed by atoms with Gasteiger partial charge in [0.05, 0.1) is 0 Å². The van der Waals surface area contributed by atoms with Crippen LogP contribution in [0.2, 0.25) is 0 Å². The fourth-order valence-corrected chi connectivity index (χ4v) is 2.50. The van der Waals surface area contributed by atoms with Gasteiger partial charge in [0.1, 0.15) is 6.54 Å². The molecule has 0 spiro atoms. The van der Waals surface area contributed by atoms with E-state index in [9.17, 15) is 9.59 Å². The Labute approximate surface area is 145 Å². The van der Waals surface area contributed by atoms with Crippen molar-refractivity contribution in [3.05, 3.63) is 88.8 Å². The van der Waals surface area contributed by atoms with E-state index >= 15 is 0 Å². The van der Waals surface area contributed by atoms with Crippen LogP contribution >= 0.6 is 0 Å². The molecule has 0 fully saturated rings. The monoisotopic (exact) mass is 333 g/mol. The van der Waals surface area contributed by atoms with Crippen molar-refractivity contribution in [1.29, 1.82) is 0 Å². The van der Waals surface area contributed by atoms with Gasteiger partial charge < -0.3 is 15.2 Å². The fourth-order valence-electron chi connectivity index (χ4n) is 2.50. The molecule has 3 aromatic rings. The number of aryl methyl sites for hydroxylation is 1. The second kappa shape index (κ2) is 7.49. The molecule has 0 aliphatic heterocycles. The lowest BCUT2D eigenvalue weighted by molar-refractivity contribution is -0.116. The molecule has 0 saturated carbocycles. The third-order valence-electron chi connectivity index (χ3n) is 3.80. The molecule has 2 N–H and O–H groups in total. The number of carbonyl (C=O) groups is 1. The van der Waals surface area contributed by atoms with Crippen molar-refractivity contribution in [3.8, 4) is 0 Å². The van der Waals surface area contributed by atoms with Gasteiger partial charge in [-0.1, -0.05) is 24.3 Å². The van der Waals surface area contributed by atoms with E-state index in [2.05, 4.69) is 10.6 Å². The van der Waals surface area contributed by atoms with E-state index < -0.39 is 0 Å². The lowest BCUT2D eigenvalue weighted by Crippen LogP contribution is -2.28. The van der Waals surface area contributed by atoms with E-state index in [1.54, 1.807) is 19.1 Å². The Morgan fingerprint density at radius 2 is 1.48 bits per heavy atom. The molecule has 5 nitrogen and oxygen atoms in total. The summed E-state index contributed by atoms with van der Waals surface area (Å²) in [5.74, 6) is -0.236. The van der Waals surface area contributed by atoms with Crippen molar-refractivity contribution in [2.24, 2.45) is 0 Å². The Balaban J connectivity index is 1.63. The molecule has 1 aromatic heterocycles. The summed E-state index contributed by atoms with van der Waals surface area (Å²) in [5, 5.41) is 6.09. The molecule has 0 aliphatic carbocycles. The largest absolute Gasteiger partial charge is 0.356 e. The quantitative estimate of drug-likeness (QED) is 0.751. The number of carbonyl (C=O) groups excluding carboxylic acids is 1. The van der Waals surface area contributed by atoms with E-state index in [0.29, 0.717) is 5.69 Å². The fraction of sp³-hybridized carbons (Fsp3) is 0.100. The number of rotatable bonds is 5. The molecule has 25 heavy (non-hydrogen) atoms. The number of pyridine rings is 1. The normalized spacial score (nSPS) is 10.3. The molecular formula is C20H19N3O2. The Kier molecular flexibility index (Phi) is 4.95. The van der Waals surface area contributed by atoms with Gasteiger partial charge in [0.15, 0.2) is 0 Å². The number of para-hydroxylation sites is 1. The number of amides is 1. The summed E-state index contributed by atoms with van der Waals surface area (Å²) in [7, 11) is 0. The molecule has 1 heterocycles. The zero-order valence-corrected chi connectivity index (χ0v) is 13.9. The zero-order valence-electron chi connectivity index (χ0n) is 13.9. The Hall–Kier alpha value is -3.34. The van der Waals surface area contributed by atoms with Gasteiger partial charge in [0.2, 0.25) is 5.91 Å². The van der Waals surface area contributed by atoms with E-state index in [0.717, 1.165) is 17.1 Å². The lowest BCUT2D eigenvalue weighted by Gasteiger charge is -2.11. The maximum atomic E-state index is 12.2. The van der Waals surface area contributed by atoms with Crippen LogP contribution in [0.3, 0.4) is 0 Å². The Morgan fingerprint density at radius 1 is 0.840 bits per heavy atom. The van der Waals surface area contributed by atoms with Crippen LogP contribution in [0.15, 0.2) is 77.6 Å². The minimum Gasteiger partial charge on any atom is -0.356 e. The van der Waals surface area contributed by atoms with Gasteiger partial charge >= 0.3 is 0 Å². The maximum absolute atomic E-state index is 12.2. The highest BCUT2D eigenvalue weighted by Crippen LogP contribution is 2.18. The summed E-state index contributed by atoms with van der Waals surface area (Å²) in [6.45, 7) is 1.80. The van der Waals surface area contributed by atoms with Crippen LogP contribution < -0.4 is 16.2 Å². The van der Waals surface area contributed by atoms with Gasteiger partial charge in [0, 0.05) is 28.8 Å². The zero-order chi connectivity index (χ0) is 17.6. The molecule has 0 saturated heterocycles. The van der Waals surface area contributed by atoms with E-state index in [1.165, 1.54) is 10.6 Å². The molecule has 0 radical (unpaired) electrons. The standard InChI is InChI=1S/C20H19N3O2/c1-15-6-5-9-20(25)23(15)14-19(24)22-18-12-10-17(11-13-18)21-16-7-3-2-4-8-16/h2-13,21H,14H2,1H3,(H,22,24). The van der Waals surface area contributed by atoms with Crippen molar-refractivity contribution in [3.63, 3.8) is 0 Å². The minimum atomic E-state index is -0.236. The highest BCUT2D eigenvalue weighted by Gasteiger charge is 2.07. The molecule has 0 atom stereocenters. The number of hydrogen-bond acceptors (Lipinski definition) is 3. The van der Waals surface area contributed by atoms with Crippen molar-refractivity contribution in [2.45, 2.75) is 13.5 Å². The first-order valence-corrected chi connectivity index (χ1v) is 8.00. The Bertz CT molecular complexity index is 916. The van der Waals surface area contributed by atoms with Gasteiger partial charge in [-0.3, -0.25) is 9.59 Å². The lowest BCUT2D eigenvalue weighted by atomic mass is 10.2. The number of hydrogen-bond donors (Lipinski definition) is 2. The van der Waals surface area contributed by atoms with Crippen LogP contribution in [-0.2, 0) is 11.3 Å². The predicted molar refractivity (Wildman–Crippen MR) is 100 cm³/mol. The third kappa shape index (κ3) is 4.35. The summed E-state index contributed by atoms with van der Waals surface area (Å²) in [6, 6.07) is 22.2. The van der Waals surface area contributed by atoms with Crippen LogP contribution in [0.1, 0.15) is 5.69 Å². The van der Waals surface area contributed by atoms with Crippen LogP contribution in [0.4, 0.5) is 17.1 Å². The number of anilines is 3. The van der Waals surface area contributed by atoms with E-state index in [4.69, 9.17) is 0 Å². The number of benzene rings is 2. The molecule has 0 aliphatic rings. The van der Waals surface area contributed by atoms with Gasteiger partial charge in [-0.2, -0.15) is 0 Å². The highest BCUT2D eigenvalue weighted by molar-refractivity contribution is 5.90. The molecule has 0 unspecified atom stereocenters. The van der Waals surface area contributed by atoms with Gasteiger partial charge in [0.25, 0.3) is 5.56 Å². The second-order valence-electron chi connectivity index (χ2n) is 5.71. The van der Waals surface area contributed by atoms with E-state index in [1.807, 2.05) is 54.6 Å². The SMILES string of the molecule is Cc1cccc(=O)n1CC(=O)Nc1ccc(Nc2ccccc2)cc1. The maximum Gasteiger partial charge on any atom is 0.251 e. The van der Waals surface area contributed by atoms with Crippen molar-refractivity contribution in [2.75, 3.05) is 10.6 Å². The van der Waals surface area contributed by atoms with Crippen molar-refractivity contribution < 1.29 is 4.79 Å². The first-order valence-electron chi connectivity index (χ1n) is 8.00. The smallest absolute Gasteiger partial charge is 0.251 e. The number of nitrogens with one attached hydrogen (secondary N) is 2. The summed E-state index contributed by atoms with van der Waals surface area (Å²) in [5.41, 5.74) is 3.19. The number of nitrogens with zero attached hydrogens (tertiary/aromatic N) is 1. The van der Waals surface area contributed by atoms with Crippen molar-refractivity contribution >= 4 is 23.0 Å². The summed E-state index contributed by atoms with van der Waals surface area (Å²) < 4.78 is 1.45. The topological polar surface area (TPSA) is 63.1 Å². The Morgan fingerprint density at radius 3 is 2.16 bits per heavy atom.